The van der Waals surface area contributed by atoms with Gasteiger partial charge in [-0.05, 0) is 30.5 Å². The highest BCUT2D eigenvalue weighted by atomic mass is 16.5. The summed E-state index contributed by atoms with van der Waals surface area (Å²) < 4.78 is 5.63. The Morgan fingerprint density at radius 3 is 2.52 bits per heavy atom. The summed E-state index contributed by atoms with van der Waals surface area (Å²) in [4.78, 5) is 26.8. The maximum absolute atomic E-state index is 12.7. The van der Waals surface area contributed by atoms with Crippen molar-refractivity contribution >= 4 is 11.7 Å². The lowest BCUT2D eigenvalue weighted by molar-refractivity contribution is -0.131. The number of phenols is 1. The van der Waals surface area contributed by atoms with E-state index in [0.29, 0.717) is 18.7 Å². The first-order valence-electron chi connectivity index (χ1n) is 8.59. The second-order valence-corrected chi connectivity index (χ2v) is 6.87. The molecule has 1 saturated heterocycles. The molecule has 25 heavy (non-hydrogen) atoms. The highest BCUT2D eigenvalue weighted by Crippen LogP contribution is 2.39. The topological polar surface area (TPSA) is 87.1 Å². The Morgan fingerprint density at radius 2 is 1.96 bits per heavy atom. The molecule has 1 aromatic rings. The molecule has 1 aromatic carbocycles. The first-order valence-corrected chi connectivity index (χ1v) is 8.59. The summed E-state index contributed by atoms with van der Waals surface area (Å²) >= 11 is 0. The number of ketones is 1. The van der Waals surface area contributed by atoms with Gasteiger partial charge in [0.2, 0.25) is 0 Å². The summed E-state index contributed by atoms with van der Waals surface area (Å²) in [5.41, 5.74) is 0.806. The Balaban J connectivity index is 2.00. The predicted octanol–water partition coefficient (Wildman–Crippen LogP) is 2.49. The van der Waals surface area contributed by atoms with Crippen LogP contribution in [-0.2, 0) is 14.3 Å². The first-order chi connectivity index (χ1) is 11.9. The van der Waals surface area contributed by atoms with E-state index in [0.717, 1.165) is 12.8 Å². The van der Waals surface area contributed by atoms with Crippen molar-refractivity contribution in [3.63, 3.8) is 0 Å². The Labute approximate surface area is 146 Å². The minimum Gasteiger partial charge on any atom is -0.508 e. The molecule has 2 heterocycles. The summed E-state index contributed by atoms with van der Waals surface area (Å²) in [5.74, 6) is -1.51. The summed E-state index contributed by atoms with van der Waals surface area (Å²) in [6.45, 7) is 4.46. The van der Waals surface area contributed by atoms with Crippen LogP contribution in [0.4, 0.5) is 0 Å². The van der Waals surface area contributed by atoms with Gasteiger partial charge in [0, 0.05) is 19.1 Å². The SMILES string of the molecule is CC(C)C(=O)C1=C(O)C(=O)N(CC2CCCO2)C1c1ccc(O)cc1. The molecule has 2 aliphatic heterocycles. The molecule has 6 heteroatoms. The molecule has 0 saturated carbocycles. The number of aromatic hydroxyl groups is 1. The fraction of sp³-hybridized carbons (Fsp3) is 0.474. The molecule has 2 N–H and O–H groups in total. The van der Waals surface area contributed by atoms with Gasteiger partial charge in [-0.25, -0.2) is 0 Å². The highest BCUT2D eigenvalue weighted by molar-refractivity contribution is 6.09. The maximum Gasteiger partial charge on any atom is 0.290 e. The number of carbonyl (C=O) groups excluding carboxylic acids is 2. The van der Waals surface area contributed by atoms with E-state index in [1.165, 1.54) is 17.0 Å². The molecule has 0 spiro atoms. The minimum atomic E-state index is -0.660. The van der Waals surface area contributed by atoms with Crippen molar-refractivity contribution in [1.29, 1.82) is 0 Å². The largest absolute Gasteiger partial charge is 0.508 e. The van der Waals surface area contributed by atoms with Gasteiger partial charge in [-0.1, -0.05) is 26.0 Å². The zero-order valence-electron chi connectivity index (χ0n) is 14.4. The molecule has 2 atom stereocenters. The average molecular weight is 345 g/mol. The van der Waals surface area contributed by atoms with Crippen molar-refractivity contribution in [3.05, 3.63) is 41.2 Å². The lowest BCUT2D eigenvalue weighted by Gasteiger charge is -2.29. The quantitative estimate of drug-likeness (QED) is 0.856. The Kier molecular flexibility index (Phi) is 4.81. The van der Waals surface area contributed by atoms with Gasteiger partial charge in [0.1, 0.15) is 5.75 Å². The van der Waals surface area contributed by atoms with Crippen LogP contribution in [-0.4, -0.2) is 46.1 Å². The van der Waals surface area contributed by atoms with E-state index in [-0.39, 0.29) is 29.1 Å². The van der Waals surface area contributed by atoms with Crippen molar-refractivity contribution in [2.24, 2.45) is 5.92 Å². The van der Waals surface area contributed by atoms with E-state index in [9.17, 15) is 19.8 Å². The highest BCUT2D eigenvalue weighted by Gasteiger charge is 2.44. The average Bonchev–Trinajstić information content (AvgIpc) is 3.17. The standard InChI is InChI=1S/C19H23NO5/c1-11(2)17(22)15-16(12-5-7-13(21)8-6-12)20(19(24)18(15)23)10-14-4-3-9-25-14/h5-8,11,14,16,21,23H,3-4,9-10H2,1-2H3. The number of aliphatic hydroxyl groups is 1. The number of phenolic OH excluding ortho intramolecular Hbond substituents is 1. The molecule has 6 nitrogen and oxygen atoms in total. The van der Waals surface area contributed by atoms with Gasteiger partial charge < -0.3 is 19.8 Å². The molecule has 1 amide bonds. The van der Waals surface area contributed by atoms with Crippen molar-refractivity contribution in [2.75, 3.05) is 13.2 Å². The van der Waals surface area contributed by atoms with Crippen LogP contribution in [0.2, 0.25) is 0 Å². The van der Waals surface area contributed by atoms with Crippen molar-refractivity contribution < 1.29 is 24.5 Å². The smallest absolute Gasteiger partial charge is 0.290 e. The number of Topliss-reactive ketones (excluding diaryl/α,β-unsaturated/α-hetero) is 1. The van der Waals surface area contributed by atoms with E-state index >= 15 is 0 Å². The van der Waals surface area contributed by atoms with E-state index in [4.69, 9.17) is 4.74 Å². The van der Waals surface area contributed by atoms with Gasteiger partial charge in [-0.3, -0.25) is 9.59 Å². The Morgan fingerprint density at radius 1 is 1.28 bits per heavy atom. The second-order valence-electron chi connectivity index (χ2n) is 6.87. The zero-order chi connectivity index (χ0) is 18.1. The van der Waals surface area contributed by atoms with Crippen molar-refractivity contribution in [2.45, 2.75) is 38.8 Å². The van der Waals surface area contributed by atoms with E-state index in [1.807, 2.05) is 0 Å². The van der Waals surface area contributed by atoms with Gasteiger partial charge in [0.25, 0.3) is 5.91 Å². The first kappa shape index (κ1) is 17.5. The number of carbonyl (C=O) groups is 2. The summed E-state index contributed by atoms with van der Waals surface area (Å²) in [5, 5.41) is 19.9. The van der Waals surface area contributed by atoms with Crippen LogP contribution in [0.15, 0.2) is 35.6 Å². The summed E-state index contributed by atoms with van der Waals surface area (Å²) in [6.07, 6.45) is 1.69. The molecule has 0 aliphatic carbocycles. The van der Waals surface area contributed by atoms with Crippen LogP contribution in [0.3, 0.4) is 0 Å². The van der Waals surface area contributed by atoms with Gasteiger partial charge in [0.15, 0.2) is 11.5 Å². The Bertz CT molecular complexity index is 701. The van der Waals surface area contributed by atoms with Crippen LogP contribution >= 0.6 is 0 Å². The van der Waals surface area contributed by atoms with E-state index in [2.05, 4.69) is 0 Å². The van der Waals surface area contributed by atoms with Gasteiger partial charge in [-0.2, -0.15) is 0 Å². The molecular formula is C19H23NO5. The number of hydrogen-bond donors (Lipinski definition) is 2. The third-order valence-corrected chi connectivity index (χ3v) is 4.73. The Hall–Kier alpha value is -2.34. The van der Waals surface area contributed by atoms with Crippen LogP contribution in [0.1, 0.15) is 38.3 Å². The van der Waals surface area contributed by atoms with E-state index in [1.54, 1.807) is 26.0 Å². The number of amides is 1. The van der Waals surface area contributed by atoms with Crippen LogP contribution in [0.25, 0.3) is 0 Å². The van der Waals surface area contributed by atoms with Crippen LogP contribution in [0.5, 0.6) is 5.75 Å². The third kappa shape index (κ3) is 3.26. The van der Waals surface area contributed by atoms with Gasteiger partial charge >= 0.3 is 0 Å². The summed E-state index contributed by atoms with van der Waals surface area (Å²) in [6, 6.07) is 5.70. The number of nitrogens with zero attached hydrogens (tertiary/aromatic N) is 1. The molecular weight excluding hydrogens is 322 g/mol. The van der Waals surface area contributed by atoms with Crippen LogP contribution in [0, 0.1) is 5.92 Å². The normalized spacial score (nSPS) is 23.8. The lowest BCUT2D eigenvalue weighted by Crippen LogP contribution is -2.37. The molecule has 0 aromatic heterocycles. The number of hydrogen-bond acceptors (Lipinski definition) is 5. The van der Waals surface area contributed by atoms with Gasteiger partial charge in [-0.15, -0.1) is 0 Å². The molecule has 2 unspecified atom stereocenters. The fourth-order valence-corrected chi connectivity index (χ4v) is 3.42. The number of aliphatic hydroxyl groups excluding tert-OH is 1. The third-order valence-electron chi connectivity index (χ3n) is 4.73. The maximum atomic E-state index is 12.7. The number of rotatable bonds is 5. The fourth-order valence-electron chi connectivity index (χ4n) is 3.42. The molecule has 3 rings (SSSR count). The molecule has 1 fully saturated rings. The van der Waals surface area contributed by atoms with E-state index < -0.39 is 17.7 Å². The molecule has 0 radical (unpaired) electrons. The van der Waals surface area contributed by atoms with Crippen molar-refractivity contribution in [1.82, 2.24) is 4.90 Å². The predicted molar refractivity (Wildman–Crippen MR) is 91.0 cm³/mol. The minimum absolute atomic E-state index is 0.0927. The molecule has 134 valence electrons. The number of ether oxygens (including phenoxy) is 1. The number of benzene rings is 1. The molecule has 2 aliphatic rings. The van der Waals surface area contributed by atoms with Gasteiger partial charge in [0.05, 0.1) is 17.7 Å². The molecule has 0 bridgehead atoms. The zero-order valence-corrected chi connectivity index (χ0v) is 14.4. The monoisotopic (exact) mass is 345 g/mol. The van der Waals surface area contributed by atoms with Crippen LogP contribution < -0.4 is 0 Å². The second kappa shape index (κ2) is 6.88. The van der Waals surface area contributed by atoms with Crippen molar-refractivity contribution in [3.8, 4) is 5.75 Å². The lowest BCUT2D eigenvalue weighted by atomic mass is 9.91. The summed E-state index contributed by atoms with van der Waals surface area (Å²) in [7, 11) is 0.